The molecule has 0 aliphatic rings. The van der Waals surface area contributed by atoms with Crippen molar-refractivity contribution in [1.82, 2.24) is 9.38 Å². The second-order valence-electron chi connectivity index (χ2n) is 4.37. The maximum Gasteiger partial charge on any atom is 0.152 e. The van der Waals surface area contributed by atoms with Gasteiger partial charge in [-0.3, -0.25) is 4.98 Å². The van der Waals surface area contributed by atoms with Gasteiger partial charge in [0, 0.05) is 17.8 Å². The van der Waals surface area contributed by atoms with Gasteiger partial charge in [-0.2, -0.15) is 0 Å². The molecular formula is C14H8ClN3O. The lowest BCUT2D eigenvalue weighted by Gasteiger charge is -2.09. The van der Waals surface area contributed by atoms with Crippen molar-refractivity contribution in [2.24, 2.45) is 5.16 Å². The van der Waals surface area contributed by atoms with E-state index in [0.717, 1.165) is 21.8 Å². The van der Waals surface area contributed by atoms with Crippen LogP contribution < -0.4 is 5.36 Å². The second-order valence-corrected chi connectivity index (χ2v) is 4.77. The number of fused-ring (bicyclic) bond motifs is 2. The summed E-state index contributed by atoms with van der Waals surface area (Å²) in [6, 6.07) is 9.50. The summed E-state index contributed by atoms with van der Waals surface area (Å²) in [5.74, 6) is 0. The van der Waals surface area contributed by atoms with E-state index >= 15 is 0 Å². The first-order valence-electron chi connectivity index (χ1n) is 5.79. The zero-order valence-corrected chi connectivity index (χ0v) is 10.5. The van der Waals surface area contributed by atoms with Gasteiger partial charge in [-0.05, 0) is 29.7 Å². The quantitative estimate of drug-likeness (QED) is 0.394. The molecule has 0 bridgehead atoms. The Balaban J connectivity index is 2.55. The first kappa shape index (κ1) is 10.6. The van der Waals surface area contributed by atoms with Gasteiger partial charge >= 0.3 is 0 Å². The lowest BCUT2D eigenvalue weighted by Crippen LogP contribution is -2.10. The summed E-state index contributed by atoms with van der Waals surface area (Å²) in [4.78, 5) is 4.35. The predicted octanol–water partition coefficient (Wildman–Crippen LogP) is 3.02. The Morgan fingerprint density at radius 1 is 1.21 bits per heavy atom. The van der Waals surface area contributed by atoms with Gasteiger partial charge in [-0.1, -0.05) is 22.8 Å². The van der Waals surface area contributed by atoms with E-state index in [2.05, 4.69) is 10.1 Å². The van der Waals surface area contributed by atoms with Gasteiger partial charge in [0.25, 0.3) is 0 Å². The Labute approximate surface area is 112 Å². The minimum atomic E-state index is 0.463. The molecule has 0 fully saturated rings. The van der Waals surface area contributed by atoms with Crippen LogP contribution in [0.4, 0.5) is 0 Å². The fourth-order valence-corrected chi connectivity index (χ4v) is 2.88. The number of aromatic nitrogens is 2. The van der Waals surface area contributed by atoms with Crippen LogP contribution in [0.1, 0.15) is 0 Å². The molecule has 4 nitrogen and oxygen atoms in total. The van der Waals surface area contributed by atoms with E-state index < -0.39 is 0 Å². The Morgan fingerprint density at radius 2 is 2.11 bits per heavy atom. The summed E-state index contributed by atoms with van der Waals surface area (Å²) >= 11 is 6.33. The summed E-state index contributed by atoms with van der Waals surface area (Å²) in [6.45, 7) is 0. The summed E-state index contributed by atoms with van der Waals surface area (Å²) in [5.41, 5.74) is 2.32. The van der Waals surface area contributed by atoms with E-state index in [1.165, 1.54) is 0 Å². The molecule has 0 radical (unpaired) electrons. The third kappa shape index (κ3) is 1.24. The third-order valence-electron chi connectivity index (χ3n) is 3.41. The summed E-state index contributed by atoms with van der Waals surface area (Å²) in [7, 11) is 0. The molecule has 19 heavy (non-hydrogen) atoms. The van der Waals surface area contributed by atoms with Crippen LogP contribution in [0.2, 0.25) is 5.02 Å². The van der Waals surface area contributed by atoms with E-state index in [1.807, 2.05) is 40.9 Å². The van der Waals surface area contributed by atoms with Crippen molar-refractivity contribution >= 4 is 38.9 Å². The highest BCUT2D eigenvalue weighted by molar-refractivity contribution is 6.36. The molecule has 3 heterocycles. The standard InChI is InChI=1S/C14H8ClN3O/c15-9-4-3-8-5-6-16-13-11(8)14(9)18-7-1-2-10(18)12(13)17-19/h1-7,19H. The smallest absolute Gasteiger partial charge is 0.152 e. The number of benzene rings is 1. The van der Waals surface area contributed by atoms with E-state index in [-0.39, 0.29) is 0 Å². The van der Waals surface area contributed by atoms with Crippen LogP contribution in [0.3, 0.4) is 0 Å². The predicted molar refractivity (Wildman–Crippen MR) is 73.7 cm³/mol. The number of rotatable bonds is 0. The highest BCUT2D eigenvalue weighted by atomic mass is 35.5. The number of pyridine rings is 2. The number of hydrogen-bond acceptors (Lipinski definition) is 3. The molecule has 0 amide bonds. The van der Waals surface area contributed by atoms with Crippen LogP contribution >= 0.6 is 11.6 Å². The highest BCUT2D eigenvalue weighted by Crippen LogP contribution is 2.30. The average molecular weight is 270 g/mol. The Bertz CT molecular complexity index is 990. The molecule has 3 aromatic heterocycles. The van der Waals surface area contributed by atoms with E-state index in [0.29, 0.717) is 15.9 Å². The van der Waals surface area contributed by atoms with Crippen LogP contribution in [0.25, 0.3) is 27.3 Å². The van der Waals surface area contributed by atoms with Crippen LogP contribution in [0, 0.1) is 0 Å². The monoisotopic (exact) mass is 269 g/mol. The molecule has 5 heteroatoms. The van der Waals surface area contributed by atoms with E-state index in [1.54, 1.807) is 6.20 Å². The first-order chi connectivity index (χ1) is 9.31. The van der Waals surface area contributed by atoms with Crippen molar-refractivity contribution in [3.05, 3.63) is 53.1 Å². The molecular weight excluding hydrogens is 262 g/mol. The van der Waals surface area contributed by atoms with Crippen LogP contribution in [0.5, 0.6) is 0 Å². The Hall–Kier alpha value is -2.33. The fraction of sp³-hybridized carbons (Fsp3) is 0. The SMILES string of the molecule is ON=c1c2nccc3ccc(Cl)c(c32)n2cccc12. The zero-order chi connectivity index (χ0) is 13.0. The van der Waals surface area contributed by atoms with Crippen LogP contribution in [-0.4, -0.2) is 14.6 Å². The maximum absolute atomic E-state index is 9.30. The fourth-order valence-electron chi connectivity index (χ4n) is 2.63. The topological polar surface area (TPSA) is 49.9 Å². The van der Waals surface area contributed by atoms with Gasteiger partial charge in [0.05, 0.1) is 16.1 Å². The lowest BCUT2D eigenvalue weighted by molar-refractivity contribution is 0.303. The minimum Gasteiger partial charge on any atom is -0.410 e. The number of halogens is 1. The van der Waals surface area contributed by atoms with Crippen molar-refractivity contribution in [2.45, 2.75) is 0 Å². The van der Waals surface area contributed by atoms with Crippen LogP contribution in [0.15, 0.2) is 47.9 Å². The van der Waals surface area contributed by atoms with Gasteiger partial charge < -0.3 is 9.61 Å². The molecule has 0 atom stereocenters. The Morgan fingerprint density at radius 3 is 2.95 bits per heavy atom. The van der Waals surface area contributed by atoms with E-state index in [4.69, 9.17) is 11.6 Å². The molecule has 0 aliphatic heterocycles. The largest absolute Gasteiger partial charge is 0.410 e. The van der Waals surface area contributed by atoms with Gasteiger partial charge in [-0.15, -0.1) is 0 Å². The first-order valence-corrected chi connectivity index (χ1v) is 6.17. The van der Waals surface area contributed by atoms with Crippen molar-refractivity contribution in [3.8, 4) is 0 Å². The van der Waals surface area contributed by atoms with Gasteiger partial charge in [0.2, 0.25) is 0 Å². The Kier molecular flexibility index (Phi) is 2.00. The molecule has 1 N–H and O–H groups in total. The zero-order valence-electron chi connectivity index (χ0n) is 9.71. The molecule has 0 saturated carbocycles. The summed E-state index contributed by atoms with van der Waals surface area (Å²) in [6.07, 6.45) is 3.61. The van der Waals surface area contributed by atoms with Gasteiger partial charge in [0.15, 0.2) is 5.36 Å². The number of nitrogens with zero attached hydrogens (tertiary/aromatic N) is 3. The molecule has 0 aliphatic carbocycles. The lowest BCUT2D eigenvalue weighted by atomic mass is 10.1. The van der Waals surface area contributed by atoms with Crippen molar-refractivity contribution in [1.29, 1.82) is 0 Å². The maximum atomic E-state index is 9.30. The molecule has 0 spiro atoms. The molecule has 1 aromatic carbocycles. The van der Waals surface area contributed by atoms with Crippen molar-refractivity contribution in [3.63, 3.8) is 0 Å². The third-order valence-corrected chi connectivity index (χ3v) is 3.72. The average Bonchev–Trinajstić information content (AvgIpc) is 2.90. The highest BCUT2D eigenvalue weighted by Gasteiger charge is 2.13. The number of hydrogen-bond donors (Lipinski definition) is 1. The molecule has 0 unspecified atom stereocenters. The van der Waals surface area contributed by atoms with Crippen molar-refractivity contribution < 1.29 is 5.21 Å². The minimum absolute atomic E-state index is 0.463. The second kappa shape index (κ2) is 3.59. The summed E-state index contributed by atoms with van der Waals surface area (Å²) < 4.78 is 1.92. The van der Waals surface area contributed by atoms with Gasteiger partial charge in [-0.25, -0.2) is 0 Å². The van der Waals surface area contributed by atoms with E-state index in [9.17, 15) is 5.21 Å². The summed E-state index contributed by atoms with van der Waals surface area (Å²) in [5, 5.41) is 15.7. The molecule has 4 rings (SSSR count). The molecule has 4 aromatic rings. The van der Waals surface area contributed by atoms with Gasteiger partial charge in [0.1, 0.15) is 5.52 Å². The normalized spacial score (nSPS) is 13.0. The van der Waals surface area contributed by atoms with Crippen LogP contribution in [-0.2, 0) is 0 Å². The molecule has 92 valence electrons. The molecule has 0 saturated heterocycles. The van der Waals surface area contributed by atoms with Crippen molar-refractivity contribution in [2.75, 3.05) is 0 Å².